The van der Waals surface area contributed by atoms with Crippen molar-refractivity contribution in [1.82, 2.24) is 10.2 Å². The highest BCUT2D eigenvalue weighted by atomic mass is 32.2. The van der Waals surface area contributed by atoms with E-state index < -0.39 is 0 Å². The van der Waals surface area contributed by atoms with Crippen LogP contribution in [0, 0.1) is 5.92 Å². The van der Waals surface area contributed by atoms with Gasteiger partial charge in [-0.25, -0.2) is 0 Å². The lowest BCUT2D eigenvalue weighted by molar-refractivity contribution is -0.144. The second kappa shape index (κ2) is 7.50. The van der Waals surface area contributed by atoms with E-state index in [1.54, 1.807) is 16.7 Å². The van der Waals surface area contributed by atoms with Crippen LogP contribution in [-0.2, 0) is 9.59 Å². The van der Waals surface area contributed by atoms with Gasteiger partial charge >= 0.3 is 0 Å². The molecule has 1 fully saturated rings. The maximum Gasteiger partial charge on any atom is 0.245 e. The Bertz CT molecular complexity index is 490. The third kappa shape index (κ3) is 4.77. The van der Waals surface area contributed by atoms with E-state index in [1.165, 1.54) is 4.90 Å². The molecule has 1 unspecified atom stereocenters. The van der Waals surface area contributed by atoms with Crippen LogP contribution < -0.4 is 5.32 Å². The molecule has 1 aromatic rings. The lowest BCUT2D eigenvalue weighted by atomic mass is 10.0. The average Bonchev–Trinajstić information content (AvgIpc) is 2.44. The molecule has 1 aliphatic rings. The predicted molar refractivity (Wildman–Crippen MR) is 85.1 cm³/mol. The number of thioether (sulfide) groups is 1. The first-order valence-electron chi connectivity index (χ1n) is 7.32. The van der Waals surface area contributed by atoms with Crippen LogP contribution in [-0.4, -0.2) is 41.6 Å². The highest BCUT2D eigenvalue weighted by Crippen LogP contribution is 2.18. The van der Waals surface area contributed by atoms with E-state index in [0.29, 0.717) is 18.9 Å². The summed E-state index contributed by atoms with van der Waals surface area (Å²) < 4.78 is 0. The summed E-state index contributed by atoms with van der Waals surface area (Å²) in [6, 6.07) is 9.74. The number of nitrogens with zero attached hydrogens (tertiary/aromatic N) is 1. The van der Waals surface area contributed by atoms with Crippen LogP contribution in [0.4, 0.5) is 0 Å². The van der Waals surface area contributed by atoms with Crippen LogP contribution in [0.3, 0.4) is 0 Å². The number of nitrogens with one attached hydrogen (secondary N) is 1. The summed E-state index contributed by atoms with van der Waals surface area (Å²) >= 11 is 1.71. The van der Waals surface area contributed by atoms with Gasteiger partial charge in [0, 0.05) is 17.2 Å². The summed E-state index contributed by atoms with van der Waals surface area (Å²) in [4.78, 5) is 27.0. The molecule has 114 valence electrons. The van der Waals surface area contributed by atoms with E-state index in [4.69, 9.17) is 0 Å². The SMILES string of the molecule is CC(C)CC1NC(=O)CN(CCSc2ccccc2)C1=O. The second-order valence-electron chi connectivity index (χ2n) is 5.67. The number of amides is 2. The number of benzene rings is 1. The van der Waals surface area contributed by atoms with Crippen molar-refractivity contribution in [2.24, 2.45) is 5.92 Å². The Labute approximate surface area is 130 Å². The van der Waals surface area contributed by atoms with Gasteiger partial charge in [0.25, 0.3) is 0 Å². The van der Waals surface area contributed by atoms with Gasteiger partial charge in [-0.1, -0.05) is 32.0 Å². The Morgan fingerprint density at radius 2 is 2.00 bits per heavy atom. The fraction of sp³-hybridized carbons (Fsp3) is 0.500. The molecule has 1 aromatic carbocycles. The minimum atomic E-state index is -0.354. The lowest BCUT2D eigenvalue weighted by Crippen LogP contribution is -2.58. The molecular formula is C16H22N2O2S. The van der Waals surface area contributed by atoms with E-state index in [1.807, 2.05) is 18.2 Å². The van der Waals surface area contributed by atoms with Gasteiger partial charge in [0.2, 0.25) is 11.8 Å². The summed E-state index contributed by atoms with van der Waals surface area (Å²) in [6.07, 6.45) is 0.701. The molecule has 2 rings (SSSR count). The monoisotopic (exact) mass is 306 g/mol. The fourth-order valence-corrected chi connectivity index (χ4v) is 3.28. The summed E-state index contributed by atoms with van der Waals surface area (Å²) in [7, 11) is 0. The molecule has 1 aliphatic heterocycles. The fourth-order valence-electron chi connectivity index (χ4n) is 2.38. The highest BCUT2D eigenvalue weighted by molar-refractivity contribution is 7.99. The van der Waals surface area contributed by atoms with Crippen molar-refractivity contribution in [3.8, 4) is 0 Å². The first-order chi connectivity index (χ1) is 10.1. The summed E-state index contributed by atoms with van der Waals surface area (Å²) in [5.74, 6) is 1.19. The minimum absolute atomic E-state index is 0.0510. The standard InChI is InChI=1S/C16H22N2O2S/c1-12(2)10-14-16(20)18(11-15(19)17-14)8-9-21-13-6-4-3-5-7-13/h3-7,12,14H,8-11H2,1-2H3,(H,17,19). The van der Waals surface area contributed by atoms with Crippen molar-refractivity contribution in [3.63, 3.8) is 0 Å². The molecule has 5 heteroatoms. The van der Waals surface area contributed by atoms with Crippen LogP contribution in [0.1, 0.15) is 20.3 Å². The van der Waals surface area contributed by atoms with E-state index in [-0.39, 0.29) is 24.4 Å². The first kappa shape index (κ1) is 15.9. The third-order valence-electron chi connectivity index (χ3n) is 3.36. The Morgan fingerprint density at radius 3 is 2.67 bits per heavy atom. The molecule has 0 spiro atoms. The molecule has 0 aliphatic carbocycles. The molecule has 4 nitrogen and oxygen atoms in total. The van der Waals surface area contributed by atoms with E-state index in [2.05, 4.69) is 31.3 Å². The van der Waals surface area contributed by atoms with Crippen molar-refractivity contribution < 1.29 is 9.59 Å². The van der Waals surface area contributed by atoms with Gasteiger partial charge in [0.05, 0.1) is 6.54 Å². The number of rotatable bonds is 6. The molecule has 1 atom stereocenters. The maximum atomic E-state index is 12.4. The topological polar surface area (TPSA) is 49.4 Å². The third-order valence-corrected chi connectivity index (χ3v) is 4.35. The van der Waals surface area contributed by atoms with Gasteiger partial charge in [-0.05, 0) is 24.5 Å². The smallest absolute Gasteiger partial charge is 0.245 e. The Morgan fingerprint density at radius 1 is 1.29 bits per heavy atom. The molecule has 2 amide bonds. The number of hydrogen-bond donors (Lipinski definition) is 1. The van der Waals surface area contributed by atoms with Gasteiger partial charge in [0.15, 0.2) is 0 Å². The normalized spacial score (nSPS) is 19.0. The largest absolute Gasteiger partial charge is 0.343 e. The van der Waals surface area contributed by atoms with Crippen molar-refractivity contribution in [2.75, 3.05) is 18.8 Å². The molecule has 0 radical (unpaired) electrons. The van der Waals surface area contributed by atoms with Crippen LogP contribution in [0.2, 0.25) is 0 Å². The van der Waals surface area contributed by atoms with Crippen molar-refractivity contribution in [3.05, 3.63) is 30.3 Å². The average molecular weight is 306 g/mol. The zero-order valence-corrected chi connectivity index (χ0v) is 13.4. The predicted octanol–water partition coefficient (Wildman–Crippen LogP) is 2.15. The highest BCUT2D eigenvalue weighted by Gasteiger charge is 2.32. The zero-order chi connectivity index (χ0) is 15.2. The molecule has 0 saturated carbocycles. The quantitative estimate of drug-likeness (QED) is 0.819. The van der Waals surface area contributed by atoms with Gasteiger partial charge in [0.1, 0.15) is 6.04 Å². The van der Waals surface area contributed by atoms with Crippen LogP contribution in [0.15, 0.2) is 35.2 Å². The summed E-state index contributed by atoms with van der Waals surface area (Å²) in [5, 5.41) is 2.80. The lowest BCUT2D eigenvalue weighted by Gasteiger charge is -2.33. The number of hydrogen-bond acceptors (Lipinski definition) is 3. The van der Waals surface area contributed by atoms with Gasteiger partial charge in [-0.15, -0.1) is 11.8 Å². The Balaban J connectivity index is 1.86. The Kier molecular flexibility index (Phi) is 5.67. The van der Waals surface area contributed by atoms with Crippen LogP contribution in [0.5, 0.6) is 0 Å². The van der Waals surface area contributed by atoms with E-state index in [0.717, 1.165) is 5.75 Å². The molecular weight excluding hydrogens is 284 g/mol. The van der Waals surface area contributed by atoms with Gasteiger partial charge in [-0.3, -0.25) is 9.59 Å². The molecule has 0 aromatic heterocycles. The first-order valence-corrected chi connectivity index (χ1v) is 8.31. The van der Waals surface area contributed by atoms with Crippen LogP contribution in [0.25, 0.3) is 0 Å². The molecule has 0 bridgehead atoms. The van der Waals surface area contributed by atoms with E-state index >= 15 is 0 Å². The molecule has 1 saturated heterocycles. The maximum absolute atomic E-state index is 12.4. The minimum Gasteiger partial charge on any atom is -0.343 e. The zero-order valence-electron chi connectivity index (χ0n) is 12.5. The second-order valence-corrected chi connectivity index (χ2v) is 6.84. The van der Waals surface area contributed by atoms with Gasteiger partial charge < -0.3 is 10.2 Å². The number of piperazine rings is 1. The van der Waals surface area contributed by atoms with Crippen molar-refractivity contribution >= 4 is 23.6 Å². The number of carbonyl (C=O) groups is 2. The van der Waals surface area contributed by atoms with Gasteiger partial charge in [-0.2, -0.15) is 0 Å². The molecule has 1 heterocycles. The van der Waals surface area contributed by atoms with Crippen molar-refractivity contribution in [1.29, 1.82) is 0 Å². The summed E-state index contributed by atoms with van der Waals surface area (Å²) in [6.45, 7) is 4.91. The van der Waals surface area contributed by atoms with E-state index in [9.17, 15) is 9.59 Å². The van der Waals surface area contributed by atoms with Crippen molar-refractivity contribution in [2.45, 2.75) is 31.2 Å². The molecule has 21 heavy (non-hydrogen) atoms. The molecule has 1 N–H and O–H groups in total. The van der Waals surface area contributed by atoms with Crippen LogP contribution >= 0.6 is 11.8 Å². The Hall–Kier alpha value is -1.49. The summed E-state index contributed by atoms with van der Waals surface area (Å²) in [5.41, 5.74) is 0. The number of carbonyl (C=O) groups excluding carboxylic acids is 2.